The molecule has 0 bridgehead atoms. The van der Waals surface area contributed by atoms with Crippen molar-refractivity contribution in [2.24, 2.45) is 0 Å². The monoisotopic (exact) mass is 275 g/mol. The van der Waals surface area contributed by atoms with Crippen molar-refractivity contribution in [1.82, 2.24) is 15.3 Å². The van der Waals surface area contributed by atoms with Gasteiger partial charge in [0.05, 0.1) is 18.4 Å². The highest BCUT2D eigenvalue weighted by molar-refractivity contribution is 6.01. The van der Waals surface area contributed by atoms with Crippen LogP contribution in [0.2, 0.25) is 0 Å². The Morgan fingerprint density at radius 1 is 1.30 bits per heavy atom. The number of amides is 1. The molecule has 6 nitrogen and oxygen atoms in total. The minimum atomic E-state index is -0.215. The highest BCUT2D eigenvalue weighted by Crippen LogP contribution is 2.30. The fraction of sp³-hybridized carbons (Fsp3) is 0.357. The van der Waals surface area contributed by atoms with Crippen molar-refractivity contribution in [2.45, 2.75) is 20.8 Å². The van der Waals surface area contributed by atoms with Gasteiger partial charge in [0.15, 0.2) is 5.89 Å². The summed E-state index contributed by atoms with van der Waals surface area (Å²) >= 11 is 0. The number of rotatable bonds is 3. The Bertz CT molecular complexity index is 662. The highest BCUT2D eigenvalue weighted by Gasteiger charge is 2.21. The summed E-state index contributed by atoms with van der Waals surface area (Å²) in [4.78, 5) is 20.7. The molecule has 1 amide bonds. The molecule has 0 aliphatic heterocycles. The Labute approximate surface area is 117 Å². The molecule has 0 aromatic carbocycles. The van der Waals surface area contributed by atoms with Gasteiger partial charge in [-0.2, -0.15) is 0 Å². The van der Waals surface area contributed by atoms with Crippen molar-refractivity contribution < 1.29 is 13.9 Å². The fourth-order valence-electron chi connectivity index (χ4n) is 2.13. The summed E-state index contributed by atoms with van der Waals surface area (Å²) < 4.78 is 10.6. The van der Waals surface area contributed by atoms with E-state index in [1.54, 1.807) is 27.0 Å². The molecule has 2 heterocycles. The van der Waals surface area contributed by atoms with E-state index in [1.807, 2.05) is 6.92 Å². The molecule has 0 unspecified atom stereocenters. The number of hydrogen-bond acceptors (Lipinski definition) is 5. The molecule has 2 rings (SSSR count). The number of ether oxygens (including phenoxy) is 1. The van der Waals surface area contributed by atoms with E-state index in [2.05, 4.69) is 15.3 Å². The van der Waals surface area contributed by atoms with Crippen LogP contribution in [-0.2, 0) is 0 Å². The average Bonchev–Trinajstić information content (AvgIpc) is 2.75. The topological polar surface area (TPSA) is 77.2 Å². The Kier molecular flexibility index (Phi) is 3.74. The maximum absolute atomic E-state index is 12.1. The molecule has 20 heavy (non-hydrogen) atoms. The minimum absolute atomic E-state index is 0.215. The van der Waals surface area contributed by atoms with E-state index in [1.165, 1.54) is 7.11 Å². The minimum Gasteiger partial charge on any atom is -0.481 e. The molecule has 6 heteroatoms. The summed E-state index contributed by atoms with van der Waals surface area (Å²) in [5.41, 5.74) is 2.34. The lowest BCUT2D eigenvalue weighted by Gasteiger charge is -2.11. The molecule has 1 N–H and O–H groups in total. The van der Waals surface area contributed by atoms with Crippen LogP contribution in [0.1, 0.15) is 27.7 Å². The molecule has 2 aromatic rings. The van der Waals surface area contributed by atoms with Gasteiger partial charge in [0.1, 0.15) is 11.5 Å². The van der Waals surface area contributed by atoms with Gasteiger partial charge in [0.25, 0.3) is 5.91 Å². The van der Waals surface area contributed by atoms with Crippen LogP contribution in [0.4, 0.5) is 0 Å². The predicted octanol–water partition coefficient (Wildman–Crippen LogP) is 2.03. The number of aryl methyl sites for hydroxylation is 3. The quantitative estimate of drug-likeness (QED) is 0.927. The first-order valence-corrected chi connectivity index (χ1v) is 6.20. The molecule has 2 aromatic heterocycles. The Morgan fingerprint density at radius 2 is 2.00 bits per heavy atom. The number of oxazole rings is 1. The first-order valence-electron chi connectivity index (χ1n) is 6.20. The van der Waals surface area contributed by atoms with Crippen LogP contribution in [0.15, 0.2) is 10.5 Å². The van der Waals surface area contributed by atoms with Crippen LogP contribution < -0.4 is 10.1 Å². The van der Waals surface area contributed by atoms with Crippen LogP contribution in [-0.4, -0.2) is 30.0 Å². The normalized spacial score (nSPS) is 10.4. The van der Waals surface area contributed by atoms with Gasteiger partial charge in [-0.25, -0.2) is 9.97 Å². The van der Waals surface area contributed by atoms with Crippen molar-refractivity contribution in [1.29, 1.82) is 0 Å². The highest BCUT2D eigenvalue weighted by atomic mass is 16.5. The number of nitrogens with zero attached hydrogens (tertiary/aromatic N) is 2. The smallest absolute Gasteiger partial charge is 0.253 e. The lowest BCUT2D eigenvalue weighted by atomic mass is 10.0. The van der Waals surface area contributed by atoms with Crippen LogP contribution in [0.3, 0.4) is 0 Å². The molecule has 0 fully saturated rings. The van der Waals surface area contributed by atoms with Crippen molar-refractivity contribution in [3.8, 4) is 17.1 Å². The van der Waals surface area contributed by atoms with Gasteiger partial charge in [0, 0.05) is 25.6 Å². The average molecular weight is 275 g/mol. The third-order valence-electron chi connectivity index (χ3n) is 3.00. The van der Waals surface area contributed by atoms with Crippen molar-refractivity contribution in [3.05, 3.63) is 29.0 Å². The maximum atomic E-state index is 12.1. The Balaban J connectivity index is 2.74. The van der Waals surface area contributed by atoms with E-state index in [4.69, 9.17) is 9.15 Å². The second kappa shape index (κ2) is 5.32. The third-order valence-corrected chi connectivity index (χ3v) is 3.00. The maximum Gasteiger partial charge on any atom is 0.253 e. The van der Waals surface area contributed by atoms with Gasteiger partial charge in [-0.05, 0) is 13.8 Å². The zero-order valence-electron chi connectivity index (χ0n) is 12.2. The van der Waals surface area contributed by atoms with Crippen LogP contribution in [0.25, 0.3) is 11.3 Å². The predicted molar refractivity (Wildman–Crippen MR) is 73.9 cm³/mol. The van der Waals surface area contributed by atoms with Gasteiger partial charge in [-0.15, -0.1) is 0 Å². The molecular weight excluding hydrogens is 258 g/mol. The molecule has 0 spiro atoms. The van der Waals surface area contributed by atoms with E-state index in [0.717, 1.165) is 0 Å². The standard InChI is InChI=1S/C14H17N3O3/c1-7-12(14(18)15-4)10(6-11(16-7)19-5)13-8(2)20-9(3)17-13/h6H,1-5H3,(H,15,18). The van der Waals surface area contributed by atoms with E-state index in [9.17, 15) is 4.79 Å². The van der Waals surface area contributed by atoms with Gasteiger partial charge < -0.3 is 14.5 Å². The SMILES string of the molecule is CNC(=O)c1c(-c2nc(C)oc2C)cc(OC)nc1C. The summed E-state index contributed by atoms with van der Waals surface area (Å²) in [7, 11) is 3.11. The zero-order chi connectivity index (χ0) is 14.9. The number of pyridine rings is 1. The first-order chi connectivity index (χ1) is 9.47. The summed E-state index contributed by atoms with van der Waals surface area (Å²) in [5.74, 6) is 1.42. The van der Waals surface area contributed by atoms with Crippen LogP contribution in [0.5, 0.6) is 5.88 Å². The van der Waals surface area contributed by atoms with Gasteiger partial charge in [-0.3, -0.25) is 4.79 Å². The number of aromatic nitrogens is 2. The number of methoxy groups -OCH3 is 1. The van der Waals surface area contributed by atoms with Gasteiger partial charge >= 0.3 is 0 Å². The summed E-state index contributed by atoms with van der Waals surface area (Å²) in [6.45, 7) is 5.34. The summed E-state index contributed by atoms with van der Waals surface area (Å²) in [5, 5.41) is 2.62. The summed E-state index contributed by atoms with van der Waals surface area (Å²) in [6.07, 6.45) is 0. The Morgan fingerprint density at radius 3 is 2.50 bits per heavy atom. The largest absolute Gasteiger partial charge is 0.481 e. The van der Waals surface area contributed by atoms with E-state index in [-0.39, 0.29) is 5.91 Å². The molecule has 0 saturated carbocycles. The zero-order valence-corrected chi connectivity index (χ0v) is 12.2. The first kappa shape index (κ1) is 14.0. The Hall–Kier alpha value is -2.37. The van der Waals surface area contributed by atoms with Crippen molar-refractivity contribution in [3.63, 3.8) is 0 Å². The molecule has 0 aliphatic carbocycles. The third kappa shape index (κ3) is 2.36. The number of hydrogen-bond donors (Lipinski definition) is 1. The second-order valence-electron chi connectivity index (χ2n) is 4.39. The van der Waals surface area contributed by atoms with E-state index < -0.39 is 0 Å². The lowest BCUT2D eigenvalue weighted by Crippen LogP contribution is -2.21. The number of carbonyl (C=O) groups is 1. The van der Waals surface area contributed by atoms with Crippen molar-refractivity contribution in [2.75, 3.05) is 14.2 Å². The van der Waals surface area contributed by atoms with Crippen LogP contribution >= 0.6 is 0 Å². The molecule has 106 valence electrons. The fourth-order valence-corrected chi connectivity index (χ4v) is 2.13. The van der Waals surface area contributed by atoms with E-state index in [0.29, 0.717) is 40.0 Å². The number of carbonyl (C=O) groups excluding carboxylic acids is 1. The molecule has 0 saturated heterocycles. The molecule has 0 atom stereocenters. The van der Waals surface area contributed by atoms with Crippen LogP contribution in [0, 0.1) is 20.8 Å². The second-order valence-corrected chi connectivity index (χ2v) is 4.39. The lowest BCUT2D eigenvalue weighted by molar-refractivity contribution is 0.0962. The van der Waals surface area contributed by atoms with Crippen molar-refractivity contribution >= 4 is 5.91 Å². The molecule has 0 aliphatic rings. The van der Waals surface area contributed by atoms with E-state index >= 15 is 0 Å². The number of nitrogens with one attached hydrogen (secondary N) is 1. The van der Waals surface area contributed by atoms with Gasteiger partial charge in [-0.1, -0.05) is 0 Å². The molecular formula is C14H17N3O3. The van der Waals surface area contributed by atoms with Gasteiger partial charge in [0.2, 0.25) is 5.88 Å². The summed E-state index contributed by atoms with van der Waals surface area (Å²) in [6, 6.07) is 1.70. The molecule has 0 radical (unpaired) electrons.